The number of hydrogen-bond acceptors (Lipinski definition) is 6. The molecule has 35 heavy (non-hydrogen) atoms. The monoisotopic (exact) mass is 509 g/mol. The zero-order valence-corrected chi connectivity index (χ0v) is 19.7. The fourth-order valence-electron chi connectivity index (χ4n) is 4.18. The number of halogens is 2. The van der Waals surface area contributed by atoms with E-state index < -0.39 is 23.5 Å². The third-order valence-corrected chi connectivity index (χ3v) is 6.23. The second-order valence-corrected chi connectivity index (χ2v) is 8.75. The van der Waals surface area contributed by atoms with Gasteiger partial charge >= 0.3 is 0 Å². The number of carbonyl (C=O) groups is 2. The first-order valence-corrected chi connectivity index (χ1v) is 11.2. The second-order valence-electron chi connectivity index (χ2n) is 7.87. The number of fused-ring (bicyclic) bond motifs is 1. The molecule has 7 nitrogen and oxygen atoms in total. The quantitative estimate of drug-likeness (QED) is 0.309. The van der Waals surface area contributed by atoms with Crippen LogP contribution in [0.4, 0.5) is 5.69 Å². The number of benzene rings is 3. The van der Waals surface area contributed by atoms with Crippen LogP contribution in [-0.4, -0.2) is 29.0 Å². The van der Waals surface area contributed by atoms with E-state index >= 15 is 0 Å². The van der Waals surface area contributed by atoms with Gasteiger partial charge in [0.2, 0.25) is 5.78 Å². The smallest absolute Gasteiger partial charge is 0.294 e. The third kappa shape index (κ3) is 3.88. The topological polar surface area (TPSA) is 100 Å². The Bertz CT molecular complexity index is 1540. The highest BCUT2D eigenvalue weighted by Gasteiger charge is 2.45. The van der Waals surface area contributed by atoms with Crippen LogP contribution in [0.15, 0.2) is 82.5 Å². The molecule has 1 aromatic heterocycles. The van der Waals surface area contributed by atoms with E-state index in [4.69, 9.17) is 32.4 Å². The fourth-order valence-corrected chi connectivity index (χ4v) is 4.55. The molecule has 1 atom stereocenters. The van der Waals surface area contributed by atoms with Crippen molar-refractivity contribution in [2.24, 2.45) is 0 Å². The van der Waals surface area contributed by atoms with Gasteiger partial charge < -0.3 is 19.4 Å². The van der Waals surface area contributed by atoms with Crippen LogP contribution in [0.5, 0.6) is 11.5 Å². The van der Waals surface area contributed by atoms with Gasteiger partial charge in [0.25, 0.3) is 5.91 Å². The van der Waals surface area contributed by atoms with E-state index in [1.54, 1.807) is 48.5 Å². The van der Waals surface area contributed by atoms with Crippen molar-refractivity contribution in [3.05, 3.63) is 99.4 Å². The molecule has 0 radical (unpaired) electrons. The molecule has 0 fully saturated rings. The molecule has 9 heteroatoms. The number of aromatic hydroxyl groups is 1. The molecule has 0 bridgehead atoms. The van der Waals surface area contributed by atoms with Gasteiger partial charge in [-0.3, -0.25) is 14.5 Å². The zero-order chi connectivity index (χ0) is 24.9. The summed E-state index contributed by atoms with van der Waals surface area (Å²) in [5.41, 5.74) is 0.939. The van der Waals surface area contributed by atoms with Crippen LogP contribution in [0, 0.1) is 0 Å². The highest BCUT2D eigenvalue weighted by Crippen LogP contribution is 2.44. The predicted octanol–water partition coefficient (Wildman–Crippen LogP) is 6.24. The molecule has 2 heterocycles. The first-order chi connectivity index (χ1) is 16.8. The number of aliphatic hydroxyl groups is 1. The highest BCUT2D eigenvalue weighted by molar-refractivity contribution is 6.31. The van der Waals surface area contributed by atoms with E-state index in [0.717, 1.165) is 0 Å². The Labute approximate surface area is 209 Å². The lowest BCUT2D eigenvalue weighted by atomic mass is 9.94. The van der Waals surface area contributed by atoms with Crippen molar-refractivity contribution in [2.45, 2.75) is 6.04 Å². The molecule has 1 aliphatic rings. The number of ether oxygens (including phenoxy) is 1. The first kappa shape index (κ1) is 22.8. The van der Waals surface area contributed by atoms with Gasteiger partial charge in [-0.05, 0) is 60.2 Å². The minimum Gasteiger partial charge on any atom is -0.504 e. The summed E-state index contributed by atoms with van der Waals surface area (Å²) in [5.74, 6) is -2.27. The van der Waals surface area contributed by atoms with E-state index in [1.165, 1.54) is 30.2 Å². The SMILES string of the molecule is COc1ccc(C2C(C(=O)c3cc4cc(Cl)ccc4o3)=C(O)C(=O)N2c2cccc(Cl)c2)cc1O. The second kappa shape index (κ2) is 8.69. The molecule has 1 amide bonds. The molecule has 0 saturated carbocycles. The average Bonchev–Trinajstić information content (AvgIpc) is 3.37. The number of furan rings is 1. The third-order valence-electron chi connectivity index (χ3n) is 5.76. The number of hydrogen-bond donors (Lipinski definition) is 2. The van der Waals surface area contributed by atoms with Crippen molar-refractivity contribution < 1.29 is 29.0 Å². The summed E-state index contributed by atoms with van der Waals surface area (Å²) in [4.78, 5) is 28.2. The standard InChI is InChI=1S/C26H17Cl2NO6/c1-34-20-7-5-13(10-18(20)30)23-22(24(31)21-11-14-9-16(28)6-8-19(14)35-21)25(32)26(33)29(23)17-4-2-3-15(27)12-17/h2-12,23,30,32H,1H3. The number of phenolic OH excluding ortho intramolecular Hbond substituents is 1. The lowest BCUT2D eigenvalue weighted by molar-refractivity contribution is -0.117. The van der Waals surface area contributed by atoms with Crippen molar-refractivity contribution in [1.82, 2.24) is 0 Å². The highest BCUT2D eigenvalue weighted by atomic mass is 35.5. The molecule has 4 aromatic rings. The van der Waals surface area contributed by atoms with Gasteiger partial charge in [-0.25, -0.2) is 0 Å². The van der Waals surface area contributed by atoms with E-state index in [2.05, 4.69) is 0 Å². The average molecular weight is 510 g/mol. The zero-order valence-electron chi connectivity index (χ0n) is 18.2. The molecule has 0 spiro atoms. The van der Waals surface area contributed by atoms with Gasteiger partial charge in [-0.1, -0.05) is 35.3 Å². The molecule has 0 aliphatic carbocycles. The summed E-state index contributed by atoms with van der Waals surface area (Å²) in [6.45, 7) is 0. The Morgan fingerprint density at radius 3 is 2.49 bits per heavy atom. The molecule has 5 rings (SSSR count). The number of phenols is 1. The van der Waals surface area contributed by atoms with Crippen LogP contribution < -0.4 is 9.64 Å². The van der Waals surface area contributed by atoms with Crippen LogP contribution in [0.1, 0.15) is 22.2 Å². The molecular weight excluding hydrogens is 493 g/mol. The van der Waals surface area contributed by atoms with Crippen LogP contribution in [0.2, 0.25) is 10.0 Å². The largest absolute Gasteiger partial charge is 0.504 e. The molecule has 3 aromatic carbocycles. The van der Waals surface area contributed by atoms with Crippen molar-refractivity contribution in [3.63, 3.8) is 0 Å². The normalized spacial score (nSPS) is 15.8. The number of anilines is 1. The predicted molar refractivity (Wildman–Crippen MR) is 132 cm³/mol. The van der Waals surface area contributed by atoms with Gasteiger partial charge in [-0.15, -0.1) is 0 Å². The van der Waals surface area contributed by atoms with Gasteiger partial charge in [0.15, 0.2) is 23.0 Å². The summed E-state index contributed by atoms with van der Waals surface area (Å²) >= 11 is 12.2. The molecule has 0 saturated heterocycles. The van der Waals surface area contributed by atoms with Gasteiger partial charge in [0.05, 0.1) is 18.7 Å². The molecule has 2 N–H and O–H groups in total. The Hall–Kier alpha value is -3.94. The first-order valence-electron chi connectivity index (χ1n) is 10.4. The maximum absolute atomic E-state index is 13.7. The van der Waals surface area contributed by atoms with Crippen LogP contribution in [0.25, 0.3) is 11.0 Å². The van der Waals surface area contributed by atoms with Crippen LogP contribution in [0.3, 0.4) is 0 Å². The van der Waals surface area contributed by atoms with E-state index in [-0.39, 0.29) is 22.8 Å². The van der Waals surface area contributed by atoms with E-state index in [1.807, 2.05) is 0 Å². The number of carbonyl (C=O) groups excluding carboxylic acids is 2. The van der Waals surface area contributed by atoms with E-state index in [9.17, 15) is 19.8 Å². The minimum atomic E-state index is -1.08. The molecule has 1 unspecified atom stereocenters. The number of aliphatic hydroxyl groups excluding tert-OH is 1. The minimum absolute atomic E-state index is 0.0766. The van der Waals surface area contributed by atoms with Crippen molar-refractivity contribution in [1.29, 1.82) is 0 Å². The van der Waals surface area contributed by atoms with E-state index in [0.29, 0.717) is 32.3 Å². The van der Waals surface area contributed by atoms with Crippen LogP contribution in [-0.2, 0) is 4.79 Å². The molecular formula is C26H17Cl2NO6. The van der Waals surface area contributed by atoms with Gasteiger partial charge in [-0.2, -0.15) is 0 Å². The number of methoxy groups -OCH3 is 1. The lowest BCUT2D eigenvalue weighted by Gasteiger charge is -2.27. The molecule has 1 aliphatic heterocycles. The number of nitrogens with zero attached hydrogens (tertiary/aromatic N) is 1. The summed E-state index contributed by atoms with van der Waals surface area (Å²) in [5, 5.41) is 22.7. The maximum atomic E-state index is 13.7. The van der Waals surface area contributed by atoms with Gasteiger partial charge in [0.1, 0.15) is 5.58 Å². The fraction of sp³-hybridized carbons (Fsp3) is 0.0769. The Morgan fingerprint density at radius 2 is 1.77 bits per heavy atom. The Morgan fingerprint density at radius 1 is 1.00 bits per heavy atom. The Kier molecular flexibility index (Phi) is 5.67. The number of amides is 1. The maximum Gasteiger partial charge on any atom is 0.294 e. The summed E-state index contributed by atoms with van der Waals surface area (Å²) < 4.78 is 10.8. The van der Waals surface area contributed by atoms with Gasteiger partial charge in [0, 0.05) is 21.1 Å². The number of Topliss-reactive ketones (excluding diaryl/α,β-unsaturated/α-hetero) is 1. The lowest BCUT2D eigenvalue weighted by Crippen LogP contribution is -2.31. The Balaban J connectivity index is 1.68. The van der Waals surface area contributed by atoms with Crippen molar-refractivity contribution in [3.8, 4) is 11.5 Å². The summed E-state index contributed by atoms with van der Waals surface area (Å²) in [6, 6.07) is 16.2. The molecule has 176 valence electrons. The number of rotatable bonds is 5. The summed E-state index contributed by atoms with van der Waals surface area (Å²) in [7, 11) is 1.40. The van der Waals surface area contributed by atoms with Crippen LogP contribution >= 0.6 is 23.2 Å². The van der Waals surface area contributed by atoms with Crippen molar-refractivity contribution >= 4 is 51.5 Å². The number of ketones is 1. The summed E-state index contributed by atoms with van der Waals surface area (Å²) in [6.07, 6.45) is 0. The van der Waals surface area contributed by atoms with Crippen molar-refractivity contribution in [2.75, 3.05) is 12.0 Å².